The van der Waals surface area contributed by atoms with Gasteiger partial charge in [0, 0.05) is 0 Å². The maximum Gasteiger partial charge on any atom is 0.328 e. The number of nitrogens with one attached hydrogen (secondary N) is 1. The number of nitrogens with zero attached hydrogens (tertiary/aromatic N) is 1. The quantitative estimate of drug-likeness (QED) is 0.824. The van der Waals surface area contributed by atoms with Gasteiger partial charge in [0.2, 0.25) is 5.91 Å². The number of benzene rings is 1. The fraction of sp³-hybridized carbons (Fsp3) is 0.467. The Balaban J connectivity index is 1.73. The van der Waals surface area contributed by atoms with Crippen molar-refractivity contribution in [2.75, 3.05) is 7.11 Å². The van der Waals surface area contributed by atoms with Gasteiger partial charge in [-0.3, -0.25) is 10.1 Å². The zero-order valence-electron chi connectivity index (χ0n) is 11.4. The van der Waals surface area contributed by atoms with Gasteiger partial charge in [-0.1, -0.05) is 30.3 Å². The molecule has 0 unspecified atom stereocenters. The van der Waals surface area contributed by atoms with Gasteiger partial charge in [0.15, 0.2) is 0 Å². The van der Waals surface area contributed by atoms with Gasteiger partial charge < -0.3 is 9.64 Å². The van der Waals surface area contributed by atoms with Crippen molar-refractivity contribution in [2.24, 2.45) is 0 Å². The van der Waals surface area contributed by atoms with Crippen LogP contribution in [0.1, 0.15) is 18.4 Å². The molecule has 0 aromatic heterocycles. The van der Waals surface area contributed by atoms with E-state index in [1.54, 1.807) is 4.90 Å². The van der Waals surface area contributed by atoms with Gasteiger partial charge in [-0.15, -0.1) is 0 Å². The molecule has 0 aliphatic carbocycles. The van der Waals surface area contributed by atoms with Crippen LogP contribution in [0, 0.1) is 0 Å². The lowest BCUT2D eigenvalue weighted by Crippen LogP contribution is -2.42. The number of methoxy groups -OCH3 is 1. The SMILES string of the molecule is COC(=O)[C@@H]1CC[C@H]2N[C@@H](Cc3ccccc3)C(=O)N21. The molecule has 5 nitrogen and oxygen atoms in total. The van der Waals surface area contributed by atoms with Gasteiger partial charge in [-0.2, -0.15) is 0 Å². The highest BCUT2D eigenvalue weighted by Gasteiger charge is 2.49. The molecule has 5 heteroatoms. The number of ether oxygens (including phenoxy) is 1. The van der Waals surface area contributed by atoms with E-state index < -0.39 is 6.04 Å². The number of carbonyl (C=O) groups excluding carboxylic acids is 2. The maximum atomic E-state index is 12.5. The summed E-state index contributed by atoms with van der Waals surface area (Å²) in [6.07, 6.45) is 2.10. The summed E-state index contributed by atoms with van der Waals surface area (Å²) in [6.45, 7) is 0. The molecule has 20 heavy (non-hydrogen) atoms. The minimum atomic E-state index is -0.425. The van der Waals surface area contributed by atoms with Gasteiger partial charge in [-0.25, -0.2) is 4.79 Å². The molecule has 0 saturated carbocycles. The Morgan fingerprint density at radius 2 is 2.10 bits per heavy atom. The van der Waals surface area contributed by atoms with Crippen molar-refractivity contribution in [3.05, 3.63) is 35.9 Å². The monoisotopic (exact) mass is 274 g/mol. The first kappa shape index (κ1) is 13.1. The number of fused-ring (bicyclic) bond motifs is 1. The van der Waals surface area contributed by atoms with Crippen LogP contribution in [0.25, 0.3) is 0 Å². The van der Waals surface area contributed by atoms with Crippen LogP contribution in [-0.2, 0) is 20.7 Å². The highest BCUT2D eigenvalue weighted by molar-refractivity contribution is 5.90. The largest absolute Gasteiger partial charge is 0.467 e. The molecule has 2 aliphatic heterocycles. The summed E-state index contributed by atoms with van der Waals surface area (Å²) >= 11 is 0. The van der Waals surface area contributed by atoms with Crippen molar-refractivity contribution >= 4 is 11.9 Å². The predicted octanol–water partition coefficient (Wildman–Crippen LogP) is 0.691. The van der Waals surface area contributed by atoms with E-state index >= 15 is 0 Å². The summed E-state index contributed by atoms with van der Waals surface area (Å²) in [5.41, 5.74) is 1.12. The van der Waals surface area contributed by atoms with Crippen LogP contribution in [0.5, 0.6) is 0 Å². The fourth-order valence-corrected chi connectivity index (χ4v) is 3.13. The Kier molecular flexibility index (Phi) is 3.44. The Hall–Kier alpha value is -1.88. The third-order valence-electron chi connectivity index (χ3n) is 4.09. The highest BCUT2D eigenvalue weighted by Crippen LogP contribution is 2.29. The summed E-state index contributed by atoms with van der Waals surface area (Å²) in [4.78, 5) is 25.9. The fourth-order valence-electron chi connectivity index (χ4n) is 3.13. The third-order valence-corrected chi connectivity index (χ3v) is 4.09. The molecule has 2 fully saturated rings. The summed E-state index contributed by atoms with van der Waals surface area (Å²) in [7, 11) is 1.37. The molecule has 3 atom stereocenters. The lowest BCUT2D eigenvalue weighted by Gasteiger charge is -2.21. The maximum absolute atomic E-state index is 12.5. The van der Waals surface area contributed by atoms with Crippen molar-refractivity contribution in [1.82, 2.24) is 10.2 Å². The number of hydrogen-bond donors (Lipinski definition) is 1. The number of rotatable bonds is 3. The number of hydrogen-bond acceptors (Lipinski definition) is 4. The Bertz CT molecular complexity index is 517. The summed E-state index contributed by atoms with van der Waals surface area (Å²) in [5, 5.41) is 3.33. The molecule has 2 saturated heterocycles. The minimum absolute atomic E-state index is 0.00625. The summed E-state index contributed by atoms with van der Waals surface area (Å²) in [6, 6.07) is 9.24. The minimum Gasteiger partial charge on any atom is -0.467 e. The molecule has 1 aromatic rings. The molecular formula is C15H18N2O3. The number of amides is 1. The first-order valence-electron chi connectivity index (χ1n) is 6.90. The normalized spacial score (nSPS) is 28.6. The first-order chi connectivity index (χ1) is 9.70. The summed E-state index contributed by atoms with van der Waals surface area (Å²) < 4.78 is 4.78. The van der Waals surface area contributed by atoms with Crippen molar-refractivity contribution in [3.8, 4) is 0 Å². The van der Waals surface area contributed by atoms with E-state index in [0.717, 1.165) is 12.0 Å². The van der Waals surface area contributed by atoms with Gasteiger partial charge in [0.25, 0.3) is 0 Å². The third kappa shape index (κ3) is 2.18. The Morgan fingerprint density at radius 1 is 1.35 bits per heavy atom. The van der Waals surface area contributed by atoms with E-state index in [-0.39, 0.29) is 24.1 Å². The summed E-state index contributed by atoms with van der Waals surface area (Å²) in [5.74, 6) is -0.310. The molecule has 0 radical (unpaired) electrons. The van der Waals surface area contributed by atoms with Crippen LogP contribution >= 0.6 is 0 Å². The number of carbonyl (C=O) groups is 2. The zero-order chi connectivity index (χ0) is 14.1. The van der Waals surface area contributed by atoms with E-state index in [4.69, 9.17) is 4.74 Å². The second-order valence-corrected chi connectivity index (χ2v) is 5.29. The van der Waals surface area contributed by atoms with Crippen LogP contribution in [0.15, 0.2) is 30.3 Å². The highest BCUT2D eigenvalue weighted by atomic mass is 16.5. The van der Waals surface area contributed by atoms with Crippen LogP contribution in [-0.4, -0.2) is 42.1 Å². The lowest BCUT2D eigenvalue weighted by atomic mass is 10.1. The Morgan fingerprint density at radius 3 is 2.80 bits per heavy atom. The average molecular weight is 274 g/mol. The van der Waals surface area contributed by atoms with Crippen molar-refractivity contribution in [3.63, 3.8) is 0 Å². The molecule has 2 heterocycles. The van der Waals surface area contributed by atoms with Gasteiger partial charge >= 0.3 is 5.97 Å². The molecule has 0 spiro atoms. The smallest absolute Gasteiger partial charge is 0.328 e. The van der Waals surface area contributed by atoms with Crippen LogP contribution in [0.2, 0.25) is 0 Å². The standard InChI is InChI=1S/C15H18N2O3/c1-20-15(19)12-7-8-13-16-11(14(18)17(12)13)9-10-5-3-2-4-6-10/h2-6,11-13,16H,7-9H2,1H3/t11-,12-,13-/m0/s1. The first-order valence-corrected chi connectivity index (χ1v) is 6.90. The lowest BCUT2D eigenvalue weighted by molar-refractivity contribution is -0.150. The molecule has 3 rings (SSSR count). The zero-order valence-corrected chi connectivity index (χ0v) is 11.4. The second-order valence-electron chi connectivity index (χ2n) is 5.29. The topological polar surface area (TPSA) is 58.6 Å². The number of esters is 1. The van der Waals surface area contributed by atoms with E-state index in [0.29, 0.717) is 12.8 Å². The second kappa shape index (κ2) is 5.25. The molecule has 1 N–H and O–H groups in total. The Labute approximate surface area is 117 Å². The van der Waals surface area contributed by atoms with E-state index in [1.165, 1.54) is 7.11 Å². The van der Waals surface area contributed by atoms with Crippen LogP contribution in [0.4, 0.5) is 0 Å². The van der Waals surface area contributed by atoms with Gasteiger partial charge in [-0.05, 0) is 24.8 Å². The molecule has 2 aliphatic rings. The molecule has 106 valence electrons. The molecule has 1 amide bonds. The van der Waals surface area contributed by atoms with Gasteiger partial charge in [0.05, 0.1) is 19.3 Å². The van der Waals surface area contributed by atoms with Crippen LogP contribution in [0.3, 0.4) is 0 Å². The molecule has 0 bridgehead atoms. The van der Waals surface area contributed by atoms with Crippen molar-refractivity contribution < 1.29 is 14.3 Å². The average Bonchev–Trinajstić information content (AvgIpc) is 3.01. The van der Waals surface area contributed by atoms with Crippen molar-refractivity contribution in [1.29, 1.82) is 0 Å². The van der Waals surface area contributed by atoms with Gasteiger partial charge in [0.1, 0.15) is 6.04 Å². The van der Waals surface area contributed by atoms with E-state index in [1.807, 2.05) is 30.3 Å². The molecule has 1 aromatic carbocycles. The van der Waals surface area contributed by atoms with Crippen molar-refractivity contribution in [2.45, 2.75) is 37.5 Å². The van der Waals surface area contributed by atoms with Crippen LogP contribution < -0.4 is 5.32 Å². The molecular weight excluding hydrogens is 256 g/mol. The van der Waals surface area contributed by atoms with E-state index in [9.17, 15) is 9.59 Å². The predicted molar refractivity (Wildman–Crippen MR) is 72.7 cm³/mol. The van der Waals surface area contributed by atoms with E-state index in [2.05, 4.69) is 5.32 Å².